The van der Waals surface area contributed by atoms with Gasteiger partial charge in [-0.05, 0) is 32.9 Å². The van der Waals surface area contributed by atoms with E-state index in [1.165, 1.54) is 6.07 Å². The van der Waals surface area contributed by atoms with Crippen molar-refractivity contribution in [3.8, 4) is 0 Å². The van der Waals surface area contributed by atoms with Crippen molar-refractivity contribution in [3.63, 3.8) is 0 Å². The first kappa shape index (κ1) is 13.7. The second kappa shape index (κ2) is 5.33. The molecule has 0 radical (unpaired) electrons. The number of nitrogens with zero attached hydrogens (tertiary/aromatic N) is 1. The van der Waals surface area contributed by atoms with E-state index in [1.54, 1.807) is 26.8 Å². The van der Waals surface area contributed by atoms with E-state index in [0.29, 0.717) is 11.4 Å². The number of aliphatic hydroxyl groups excluding tert-OH is 1. The lowest BCUT2D eigenvalue weighted by Crippen LogP contribution is -2.27. The molecule has 1 aromatic rings. The van der Waals surface area contributed by atoms with E-state index in [4.69, 9.17) is 21.4 Å². The SMILES string of the molecule is CC(C)(C)OC(=O)Nc1ccc(Cl)nc1CO. The third-order valence-electron chi connectivity index (χ3n) is 1.73. The number of anilines is 1. The molecule has 0 unspecified atom stereocenters. The van der Waals surface area contributed by atoms with Gasteiger partial charge in [-0.25, -0.2) is 9.78 Å². The number of pyridine rings is 1. The fourth-order valence-electron chi connectivity index (χ4n) is 1.12. The van der Waals surface area contributed by atoms with E-state index in [9.17, 15) is 4.79 Å². The zero-order valence-electron chi connectivity index (χ0n) is 9.95. The highest BCUT2D eigenvalue weighted by molar-refractivity contribution is 6.29. The molecule has 0 aromatic carbocycles. The molecular formula is C11H15ClN2O3. The normalized spacial score (nSPS) is 11.1. The number of aromatic nitrogens is 1. The highest BCUT2D eigenvalue weighted by Gasteiger charge is 2.17. The van der Waals surface area contributed by atoms with E-state index in [-0.39, 0.29) is 11.8 Å². The molecule has 0 bridgehead atoms. The second-order valence-corrected chi connectivity index (χ2v) is 4.80. The molecule has 0 fully saturated rings. The maximum absolute atomic E-state index is 11.5. The summed E-state index contributed by atoms with van der Waals surface area (Å²) >= 11 is 5.67. The number of carbonyl (C=O) groups excluding carboxylic acids is 1. The molecule has 0 aliphatic carbocycles. The number of hydrogen-bond donors (Lipinski definition) is 2. The van der Waals surface area contributed by atoms with Gasteiger partial charge >= 0.3 is 6.09 Å². The monoisotopic (exact) mass is 258 g/mol. The minimum atomic E-state index is -0.601. The molecule has 0 spiro atoms. The maximum atomic E-state index is 11.5. The van der Waals surface area contributed by atoms with Crippen molar-refractivity contribution in [2.45, 2.75) is 33.0 Å². The summed E-state index contributed by atoms with van der Waals surface area (Å²) in [7, 11) is 0. The lowest BCUT2D eigenvalue weighted by atomic mass is 10.2. The Morgan fingerprint density at radius 1 is 1.53 bits per heavy atom. The number of rotatable bonds is 2. The number of aliphatic hydroxyl groups is 1. The van der Waals surface area contributed by atoms with Gasteiger partial charge in [0, 0.05) is 0 Å². The smallest absolute Gasteiger partial charge is 0.412 e. The van der Waals surface area contributed by atoms with Gasteiger partial charge in [-0.15, -0.1) is 0 Å². The van der Waals surface area contributed by atoms with Crippen molar-refractivity contribution in [1.29, 1.82) is 0 Å². The van der Waals surface area contributed by atoms with Crippen LogP contribution in [0.15, 0.2) is 12.1 Å². The van der Waals surface area contributed by atoms with Gasteiger partial charge in [0.2, 0.25) is 0 Å². The number of amides is 1. The molecule has 0 aliphatic rings. The summed E-state index contributed by atoms with van der Waals surface area (Å²) in [5.74, 6) is 0. The van der Waals surface area contributed by atoms with Crippen LogP contribution in [0.3, 0.4) is 0 Å². The zero-order valence-corrected chi connectivity index (χ0v) is 10.7. The van der Waals surface area contributed by atoms with Crippen molar-refractivity contribution < 1.29 is 14.6 Å². The fourth-order valence-corrected chi connectivity index (χ4v) is 1.29. The van der Waals surface area contributed by atoms with Crippen molar-refractivity contribution in [2.75, 3.05) is 5.32 Å². The van der Waals surface area contributed by atoms with Gasteiger partial charge in [0.25, 0.3) is 0 Å². The third kappa shape index (κ3) is 4.58. The Kier molecular flexibility index (Phi) is 4.31. The van der Waals surface area contributed by atoms with Crippen LogP contribution in [0.1, 0.15) is 26.5 Å². The summed E-state index contributed by atoms with van der Waals surface area (Å²) in [5.41, 5.74) is 0.0954. The summed E-state index contributed by atoms with van der Waals surface area (Å²) < 4.78 is 5.08. The lowest BCUT2D eigenvalue weighted by Gasteiger charge is -2.20. The van der Waals surface area contributed by atoms with Crippen LogP contribution in [0.4, 0.5) is 10.5 Å². The first-order chi connectivity index (χ1) is 7.81. The largest absolute Gasteiger partial charge is 0.444 e. The fraction of sp³-hybridized carbons (Fsp3) is 0.455. The Bertz CT molecular complexity index is 416. The van der Waals surface area contributed by atoms with Gasteiger partial charge < -0.3 is 9.84 Å². The van der Waals surface area contributed by atoms with Crippen LogP contribution >= 0.6 is 11.6 Å². The zero-order chi connectivity index (χ0) is 13.1. The summed E-state index contributed by atoms with van der Waals surface area (Å²) in [6.45, 7) is 4.98. The Morgan fingerprint density at radius 2 is 2.18 bits per heavy atom. The highest BCUT2D eigenvalue weighted by Crippen LogP contribution is 2.18. The molecule has 1 aromatic heterocycles. The van der Waals surface area contributed by atoms with Crippen molar-refractivity contribution in [3.05, 3.63) is 23.0 Å². The van der Waals surface area contributed by atoms with Gasteiger partial charge in [0.1, 0.15) is 10.8 Å². The third-order valence-corrected chi connectivity index (χ3v) is 1.94. The Morgan fingerprint density at radius 3 is 2.71 bits per heavy atom. The van der Waals surface area contributed by atoms with E-state index < -0.39 is 11.7 Å². The van der Waals surface area contributed by atoms with Crippen molar-refractivity contribution in [2.24, 2.45) is 0 Å². The number of halogens is 1. The average Bonchev–Trinajstić information content (AvgIpc) is 2.17. The van der Waals surface area contributed by atoms with Crippen LogP contribution in [0.2, 0.25) is 5.15 Å². The molecule has 17 heavy (non-hydrogen) atoms. The topological polar surface area (TPSA) is 71.5 Å². The molecule has 0 saturated carbocycles. The number of nitrogens with one attached hydrogen (secondary N) is 1. The van der Waals surface area contributed by atoms with E-state index in [1.807, 2.05) is 0 Å². The van der Waals surface area contributed by atoms with Crippen LogP contribution < -0.4 is 5.32 Å². The predicted molar refractivity (Wildman–Crippen MR) is 65.0 cm³/mol. The van der Waals surface area contributed by atoms with Crippen LogP contribution in [-0.2, 0) is 11.3 Å². The number of carbonyl (C=O) groups is 1. The van der Waals surface area contributed by atoms with Crippen LogP contribution in [0.25, 0.3) is 0 Å². The van der Waals surface area contributed by atoms with Gasteiger partial charge in [-0.2, -0.15) is 0 Å². The molecule has 1 rings (SSSR count). The molecular weight excluding hydrogens is 244 g/mol. The molecule has 0 aliphatic heterocycles. The standard InChI is InChI=1S/C11H15ClN2O3/c1-11(2,3)17-10(16)14-7-4-5-9(12)13-8(7)6-15/h4-5,15H,6H2,1-3H3,(H,14,16). The second-order valence-electron chi connectivity index (χ2n) is 4.41. The summed E-state index contributed by atoms with van der Waals surface area (Å²) in [6, 6.07) is 3.08. The van der Waals surface area contributed by atoms with Crippen LogP contribution in [0.5, 0.6) is 0 Å². The van der Waals surface area contributed by atoms with Gasteiger partial charge in [-0.3, -0.25) is 5.32 Å². The number of hydrogen-bond acceptors (Lipinski definition) is 4. The molecule has 94 valence electrons. The van der Waals surface area contributed by atoms with Crippen molar-refractivity contribution in [1.82, 2.24) is 4.98 Å². The molecule has 0 saturated heterocycles. The summed E-state index contributed by atoms with van der Waals surface area (Å²) in [6.07, 6.45) is -0.601. The first-order valence-corrected chi connectivity index (χ1v) is 5.46. The summed E-state index contributed by atoms with van der Waals surface area (Å²) in [4.78, 5) is 15.4. The molecule has 5 nitrogen and oxygen atoms in total. The minimum Gasteiger partial charge on any atom is -0.444 e. The quantitative estimate of drug-likeness (QED) is 0.800. The molecule has 1 amide bonds. The first-order valence-electron chi connectivity index (χ1n) is 5.08. The van der Waals surface area contributed by atoms with E-state index in [0.717, 1.165) is 0 Å². The predicted octanol–water partition coefficient (Wildman–Crippen LogP) is 2.57. The van der Waals surface area contributed by atoms with Crippen LogP contribution in [0, 0.1) is 0 Å². The molecule has 1 heterocycles. The van der Waals surface area contributed by atoms with Gasteiger partial charge in [-0.1, -0.05) is 11.6 Å². The van der Waals surface area contributed by atoms with E-state index in [2.05, 4.69) is 10.3 Å². The molecule has 6 heteroatoms. The lowest BCUT2D eigenvalue weighted by molar-refractivity contribution is 0.0635. The Labute approximate surface area is 105 Å². The molecule has 2 N–H and O–H groups in total. The Hall–Kier alpha value is -1.33. The molecule has 0 atom stereocenters. The maximum Gasteiger partial charge on any atom is 0.412 e. The average molecular weight is 259 g/mol. The van der Waals surface area contributed by atoms with Gasteiger partial charge in [0.05, 0.1) is 18.0 Å². The number of ether oxygens (including phenoxy) is 1. The summed E-state index contributed by atoms with van der Waals surface area (Å²) in [5, 5.41) is 11.8. The van der Waals surface area contributed by atoms with Crippen LogP contribution in [-0.4, -0.2) is 21.8 Å². The Balaban J connectivity index is 2.78. The highest BCUT2D eigenvalue weighted by atomic mass is 35.5. The van der Waals surface area contributed by atoms with Gasteiger partial charge in [0.15, 0.2) is 0 Å². The van der Waals surface area contributed by atoms with E-state index >= 15 is 0 Å². The minimum absolute atomic E-state index is 0.254. The van der Waals surface area contributed by atoms with Crippen molar-refractivity contribution >= 4 is 23.4 Å².